The molecule has 2 atom stereocenters. The molecule has 2 aromatic carbocycles. The highest BCUT2D eigenvalue weighted by Crippen LogP contribution is 2.30. The molecule has 2 aromatic rings. The molecule has 0 spiro atoms. The number of aliphatic hydroxyl groups excluding tert-OH is 1. The number of aliphatic hydroxyl groups is 1. The number of benzene rings is 2. The minimum absolute atomic E-state index is 0.00606. The Balaban J connectivity index is 1.48. The molecule has 2 heterocycles. The predicted octanol–water partition coefficient (Wildman–Crippen LogP) is 1.46. The summed E-state index contributed by atoms with van der Waals surface area (Å²) in [5, 5.41) is 15.2. The van der Waals surface area contributed by atoms with E-state index in [2.05, 4.69) is 10.6 Å². The summed E-state index contributed by atoms with van der Waals surface area (Å²) >= 11 is 0. The van der Waals surface area contributed by atoms with Crippen LogP contribution in [-0.4, -0.2) is 59.7 Å². The molecule has 2 unspecified atom stereocenters. The molecular formula is C22H23N3O5. The number of hydrogen-bond donors (Lipinski definition) is 3. The Labute approximate surface area is 173 Å². The van der Waals surface area contributed by atoms with Gasteiger partial charge in [-0.05, 0) is 35.7 Å². The highest BCUT2D eigenvalue weighted by atomic mass is 16.5. The van der Waals surface area contributed by atoms with Crippen molar-refractivity contribution in [2.45, 2.75) is 18.6 Å². The predicted molar refractivity (Wildman–Crippen MR) is 109 cm³/mol. The maximum Gasteiger partial charge on any atom is 0.322 e. The summed E-state index contributed by atoms with van der Waals surface area (Å²) in [6.45, 7) is 3.80. The van der Waals surface area contributed by atoms with Gasteiger partial charge in [0, 0.05) is 18.7 Å². The smallest absolute Gasteiger partial charge is 0.322 e. The van der Waals surface area contributed by atoms with Crippen molar-refractivity contribution in [1.29, 1.82) is 0 Å². The molecule has 0 saturated carbocycles. The number of carbonyl (C=O) groups excluding carboxylic acids is 3. The van der Waals surface area contributed by atoms with Crippen molar-refractivity contribution in [2.24, 2.45) is 0 Å². The van der Waals surface area contributed by atoms with Gasteiger partial charge in [-0.1, -0.05) is 36.4 Å². The topological polar surface area (TPSA) is 108 Å². The number of morpholine rings is 1. The molecule has 0 aliphatic carbocycles. The second-order valence-corrected chi connectivity index (χ2v) is 7.62. The SMILES string of the molecule is CC1(C(O)c2ccc(-c3ccc(C(=O)N4CCOCC4)cc3)cc2)NC(=O)NC1=O. The van der Waals surface area contributed by atoms with Gasteiger partial charge in [0.15, 0.2) is 0 Å². The number of hydrogen-bond acceptors (Lipinski definition) is 5. The van der Waals surface area contributed by atoms with E-state index in [4.69, 9.17) is 4.74 Å². The van der Waals surface area contributed by atoms with Crippen LogP contribution in [-0.2, 0) is 9.53 Å². The number of ether oxygens (including phenoxy) is 1. The fourth-order valence-corrected chi connectivity index (χ4v) is 3.69. The van der Waals surface area contributed by atoms with Crippen molar-refractivity contribution in [1.82, 2.24) is 15.5 Å². The summed E-state index contributed by atoms with van der Waals surface area (Å²) in [5.74, 6) is -0.571. The van der Waals surface area contributed by atoms with Crippen LogP contribution in [0.1, 0.15) is 28.9 Å². The van der Waals surface area contributed by atoms with Crippen molar-refractivity contribution in [3.63, 3.8) is 0 Å². The summed E-state index contributed by atoms with van der Waals surface area (Å²) in [6, 6.07) is 13.8. The van der Waals surface area contributed by atoms with Crippen LogP contribution in [0, 0.1) is 0 Å². The van der Waals surface area contributed by atoms with E-state index >= 15 is 0 Å². The average Bonchev–Trinajstić information content (AvgIpc) is 3.05. The van der Waals surface area contributed by atoms with Crippen molar-refractivity contribution in [3.05, 3.63) is 59.7 Å². The molecule has 4 rings (SSSR count). The van der Waals surface area contributed by atoms with E-state index in [-0.39, 0.29) is 5.91 Å². The molecule has 0 bridgehead atoms. The molecule has 2 fully saturated rings. The van der Waals surface area contributed by atoms with Gasteiger partial charge >= 0.3 is 6.03 Å². The minimum Gasteiger partial charge on any atom is -0.385 e. The van der Waals surface area contributed by atoms with Gasteiger partial charge in [0.05, 0.1) is 13.2 Å². The summed E-state index contributed by atoms with van der Waals surface area (Å²) in [4.78, 5) is 37.8. The van der Waals surface area contributed by atoms with Gasteiger partial charge in [0.25, 0.3) is 11.8 Å². The van der Waals surface area contributed by atoms with Crippen LogP contribution in [0.25, 0.3) is 11.1 Å². The van der Waals surface area contributed by atoms with Gasteiger partial charge < -0.3 is 20.1 Å². The second-order valence-electron chi connectivity index (χ2n) is 7.62. The number of carbonyl (C=O) groups is 3. The summed E-state index contributed by atoms with van der Waals surface area (Å²) in [7, 11) is 0. The molecule has 8 nitrogen and oxygen atoms in total. The van der Waals surface area contributed by atoms with Gasteiger partial charge in [-0.2, -0.15) is 0 Å². The Kier molecular flexibility index (Phi) is 5.27. The quantitative estimate of drug-likeness (QED) is 0.663. The van der Waals surface area contributed by atoms with E-state index in [0.29, 0.717) is 37.4 Å². The first-order valence-electron chi connectivity index (χ1n) is 9.77. The van der Waals surface area contributed by atoms with Crippen LogP contribution in [0.3, 0.4) is 0 Å². The van der Waals surface area contributed by atoms with Crippen LogP contribution >= 0.6 is 0 Å². The second kappa shape index (κ2) is 7.89. The molecular weight excluding hydrogens is 386 g/mol. The molecule has 0 radical (unpaired) electrons. The van der Waals surface area contributed by atoms with Gasteiger partial charge in [0.2, 0.25) is 0 Å². The Hall–Kier alpha value is -3.23. The van der Waals surface area contributed by atoms with E-state index in [1.54, 1.807) is 29.2 Å². The first-order valence-corrected chi connectivity index (χ1v) is 9.77. The van der Waals surface area contributed by atoms with E-state index in [0.717, 1.165) is 11.1 Å². The summed E-state index contributed by atoms with van der Waals surface area (Å²) in [5.41, 5.74) is 1.55. The molecule has 0 aromatic heterocycles. The largest absolute Gasteiger partial charge is 0.385 e. The number of imide groups is 1. The standard InChI is InChI=1S/C22H23N3O5/c1-22(20(28)23-21(29)24-22)18(26)16-6-2-14(3-7-16)15-4-8-17(9-5-15)19(27)25-10-12-30-13-11-25/h2-9,18,26H,10-13H2,1H3,(H2,23,24,28,29). The Morgan fingerprint density at radius 3 is 2.13 bits per heavy atom. The fraction of sp³-hybridized carbons (Fsp3) is 0.318. The monoisotopic (exact) mass is 409 g/mol. The first kappa shape index (κ1) is 20.1. The lowest BCUT2D eigenvalue weighted by Crippen LogP contribution is -2.49. The maximum absolute atomic E-state index is 12.6. The third kappa shape index (κ3) is 3.67. The Bertz CT molecular complexity index is 967. The fourth-order valence-electron chi connectivity index (χ4n) is 3.69. The van der Waals surface area contributed by atoms with Crippen LogP contribution in [0.2, 0.25) is 0 Å². The van der Waals surface area contributed by atoms with Gasteiger partial charge in [-0.3, -0.25) is 14.9 Å². The zero-order chi connectivity index (χ0) is 21.3. The van der Waals surface area contributed by atoms with E-state index < -0.39 is 23.6 Å². The highest BCUT2D eigenvalue weighted by molar-refractivity contribution is 6.07. The lowest BCUT2D eigenvalue weighted by molar-refractivity contribution is -0.127. The third-order valence-corrected chi connectivity index (χ3v) is 5.61. The van der Waals surface area contributed by atoms with Crippen LogP contribution in [0.4, 0.5) is 4.79 Å². The van der Waals surface area contributed by atoms with Crippen molar-refractivity contribution in [2.75, 3.05) is 26.3 Å². The minimum atomic E-state index is -1.42. The molecule has 156 valence electrons. The third-order valence-electron chi connectivity index (χ3n) is 5.61. The molecule has 2 aliphatic rings. The number of amides is 4. The normalized spacial score (nSPS) is 22.4. The Morgan fingerprint density at radius 1 is 1.03 bits per heavy atom. The van der Waals surface area contributed by atoms with Crippen molar-refractivity contribution in [3.8, 4) is 11.1 Å². The zero-order valence-electron chi connectivity index (χ0n) is 16.6. The number of urea groups is 1. The van der Waals surface area contributed by atoms with Crippen LogP contribution < -0.4 is 10.6 Å². The number of nitrogens with one attached hydrogen (secondary N) is 2. The van der Waals surface area contributed by atoms with Crippen LogP contribution in [0.15, 0.2) is 48.5 Å². The molecule has 4 amide bonds. The highest BCUT2D eigenvalue weighted by Gasteiger charge is 2.48. The molecule has 2 aliphatic heterocycles. The van der Waals surface area contributed by atoms with Gasteiger partial charge in [-0.25, -0.2) is 4.79 Å². The summed E-state index contributed by atoms with van der Waals surface area (Å²) in [6.07, 6.45) is -1.19. The maximum atomic E-state index is 12.6. The van der Waals surface area contributed by atoms with E-state index in [9.17, 15) is 19.5 Å². The Morgan fingerprint density at radius 2 is 1.60 bits per heavy atom. The lowest BCUT2D eigenvalue weighted by atomic mass is 9.88. The first-order chi connectivity index (χ1) is 14.4. The van der Waals surface area contributed by atoms with Gasteiger partial charge in [0.1, 0.15) is 11.6 Å². The molecule has 8 heteroatoms. The number of rotatable bonds is 4. The van der Waals surface area contributed by atoms with Gasteiger partial charge in [-0.15, -0.1) is 0 Å². The van der Waals surface area contributed by atoms with Crippen molar-refractivity contribution >= 4 is 17.8 Å². The average molecular weight is 409 g/mol. The summed E-state index contributed by atoms with van der Waals surface area (Å²) < 4.78 is 5.28. The zero-order valence-corrected chi connectivity index (χ0v) is 16.6. The number of nitrogens with zero attached hydrogens (tertiary/aromatic N) is 1. The van der Waals surface area contributed by atoms with E-state index in [1.165, 1.54) is 6.92 Å². The molecule has 3 N–H and O–H groups in total. The molecule has 30 heavy (non-hydrogen) atoms. The van der Waals surface area contributed by atoms with Crippen LogP contribution in [0.5, 0.6) is 0 Å². The van der Waals surface area contributed by atoms with E-state index in [1.807, 2.05) is 24.3 Å². The molecule has 2 saturated heterocycles. The van der Waals surface area contributed by atoms with Crippen molar-refractivity contribution < 1.29 is 24.2 Å². The lowest BCUT2D eigenvalue weighted by Gasteiger charge is -2.27.